The summed E-state index contributed by atoms with van der Waals surface area (Å²) in [6, 6.07) is 14.7. The lowest BCUT2D eigenvalue weighted by Crippen LogP contribution is -2.58. The summed E-state index contributed by atoms with van der Waals surface area (Å²) in [7, 11) is 0. The zero-order valence-corrected chi connectivity index (χ0v) is 14.9. The van der Waals surface area contributed by atoms with Gasteiger partial charge in [0.2, 0.25) is 0 Å². The van der Waals surface area contributed by atoms with Gasteiger partial charge in [0.25, 0.3) is 0 Å². The fraction of sp³-hybridized carbons (Fsp3) is 0.333. The number of halogens is 2. The van der Waals surface area contributed by atoms with E-state index >= 15 is 0 Å². The number of hydrogen-bond acceptors (Lipinski definition) is 4. The molecule has 5 rings (SSSR count). The van der Waals surface area contributed by atoms with Crippen LogP contribution < -0.4 is 4.74 Å². The van der Waals surface area contributed by atoms with Gasteiger partial charge in [0.15, 0.2) is 6.26 Å². The Balaban J connectivity index is 1.49. The maximum Gasteiger partial charge on any atom is 0.312 e. The molecule has 6 heteroatoms. The monoisotopic (exact) mass is 374 g/mol. The highest BCUT2D eigenvalue weighted by atomic mass is 19.3. The molecule has 0 spiro atoms. The Hall–Kier alpha value is -2.28. The second-order valence-electron chi connectivity index (χ2n) is 6.90. The van der Waals surface area contributed by atoms with Crippen LogP contribution in [-0.2, 0) is 20.2 Å². The van der Waals surface area contributed by atoms with Crippen LogP contribution in [0.2, 0.25) is 0 Å². The molecular weight excluding hydrogens is 354 g/mol. The first-order valence-corrected chi connectivity index (χ1v) is 8.85. The van der Waals surface area contributed by atoms with Gasteiger partial charge in [-0.1, -0.05) is 43.3 Å². The zero-order chi connectivity index (χ0) is 18.9. The molecule has 0 aromatic heterocycles. The second kappa shape index (κ2) is 7.03. The van der Waals surface area contributed by atoms with Crippen LogP contribution >= 0.6 is 0 Å². The summed E-state index contributed by atoms with van der Waals surface area (Å²) in [5.41, 5.74) is 2.70. The Morgan fingerprint density at radius 2 is 1.44 bits per heavy atom. The Morgan fingerprint density at radius 1 is 0.926 bits per heavy atom. The van der Waals surface area contributed by atoms with Gasteiger partial charge in [-0.05, 0) is 29.7 Å². The molecule has 2 aromatic rings. The van der Waals surface area contributed by atoms with Gasteiger partial charge in [0.1, 0.15) is 5.75 Å². The Labute approximate surface area is 156 Å². The van der Waals surface area contributed by atoms with Gasteiger partial charge in [0.05, 0.1) is 19.8 Å². The van der Waals surface area contributed by atoms with Crippen LogP contribution in [-0.4, -0.2) is 19.8 Å². The van der Waals surface area contributed by atoms with Gasteiger partial charge < -0.3 is 18.9 Å². The van der Waals surface area contributed by atoms with E-state index in [2.05, 4.69) is 6.92 Å². The standard InChI is InChI=1S/C21H20F2O4/c1-2-20-12-25-21(26-13-20,27-14-20)17-7-3-15(4-8-17)16-5-9-18(10-6-16)24-11-19(22)23/h3-11H,2,12-14H2,1H3. The lowest BCUT2D eigenvalue weighted by atomic mass is 9.85. The molecule has 3 aliphatic heterocycles. The summed E-state index contributed by atoms with van der Waals surface area (Å²) < 4.78 is 46.8. The highest BCUT2D eigenvalue weighted by Crippen LogP contribution is 2.45. The molecule has 0 atom stereocenters. The quantitative estimate of drug-likeness (QED) is 0.686. The van der Waals surface area contributed by atoms with Crippen molar-refractivity contribution in [2.45, 2.75) is 19.3 Å². The molecule has 27 heavy (non-hydrogen) atoms. The average molecular weight is 374 g/mol. The van der Waals surface area contributed by atoms with E-state index in [4.69, 9.17) is 18.9 Å². The maximum atomic E-state index is 12.1. The third-order valence-corrected chi connectivity index (χ3v) is 5.17. The van der Waals surface area contributed by atoms with E-state index in [1.807, 2.05) is 36.4 Å². The largest absolute Gasteiger partial charge is 0.459 e. The molecule has 0 unspecified atom stereocenters. The van der Waals surface area contributed by atoms with Crippen molar-refractivity contribution >= 4 is 0 Å². The zero-order valence-electron chi connectivity index (χ0n) is 14.9. The minimum Gasteiger partial charge on any atom is -0.459 e. The summed E-state index contributed by atoms with van der Waals surface area (Å²) in [6.45, 7) is 3.99. The van der Waals surface area contributed by atoms with Crippen LogP contribution in [0.5, 0.6) is 5.75 Å². The normalized spacial score (nSPS) is 26.6. The van der Waals surface area contributed by atoms with E-state index in [-0.39, 0.29) is 5.41 Å². The summed E-state index contributed by atoms with van der Waals surface area (Å²) in [5, 5.41) is 0. The van der Waals surface area contributed by atoms with Crippen LogP contribution in [0.3, 0.4) is 0 Å². The summed E-state index contributed by atoms with van der Waals surface area (Å²) >= 11 is 0. The van der Waals surface area contributed by atoms with Crippen LogP contribution in [0.15, 0.2) is 60.9 Å². The Morgan fingerprint density at radius 3 is 1.93 bits per heavy atom. The van der Waals surface area contributed by atoms with Crippen molar-refractivity contribution in [2.75, 3.05) is 19.8 Å². The molecule has 2 aromatic carbocycles. The molecule has 0 saturated carbocycles. The molecule has 2 bridgehead atoms. The molecule has 3 aliphatic rings. The fourth-order valence-corrected chi connectivity index (χ4v) is 3.26. The van der Waals surface area contributed by atoms with E-state index in [9.17, 15) is 8.78 Å². The van der Waals surface area contributed by atoms with Crippen molar-refractivity contribution < 1.29 is 27.7 Å². The van der Waals surface area contributed by atoms with Crippen molar-refractivity contribution in [3.8, 4) is 16.9 Å². The van der Waals surface area contributed by atoms with Crippen LogP contribution in [0.25, 0.3) is 11.1 Å². The number of ether oxygens (including phenoxy) is 4. The Bertz CT molecular complexity index is 802. The lowest BCUT2D eigenvalue weighted by Gasteiger charge is -2.51. The van der Waals surface area contributed by atoms with E-state index in [0.29, 0.717) is 31.8 Å². The second-order valence-corrected chi connectivity index (χ2v) is 6.90. The minimum atomic E-state index is -1.87. The van der Waals surface area contributed by atoms with Gasteiger partial charge in [0, 0.05) is 11.0 Å². The third kappa shape index (κ3) is 3.48. The number of benzene rings is 2. The topological polar surface area (TPSA) is 36.9 Å². The van der Waals surface area contributed by atoms with E-state index < -0.39 is 12.1 Å². The molecule has 4 nitrogen and oxygen atoms in total. The SMILES string of the molecule is CCC12COC(c3ccc(-c4ccc(OC=C(F)F)cc4)cc3)(OC1)OC2. The first-order chi connectivity index (χ1) is 13.0. The molecule has 142 valence electrons. The van der Waals surface area contributed by atoms with Crippen LogP contribution in [0, 0.1) is 5.41 Å². The van der Waals surface area contributed by atoms with Crippen molar-refractivity contribution in [3.63, 3.8) is 0 Å². The van der Waals surface area contributed by atoms with Crippen molar-refractivity contribution in [3.05, 3.63) is 66.4 Å². The van der Waals surface area contributed by atoms with Crippen LogP contribution in [0.4, 0.5) is 8.78 Å². The highest BCUT2D eigenvalue weighted by molar-refractivity contribution is 5.64. The highest BCUT2D eigenvalue weighted by Gasteiger charge is 2.52. The molecule has 0 amide bonds. The van der Waals surface area contributed by atoms with Gasteiger partial charge in [-0.2, -0.15) is 8.78 Å². The first kappa shape index (κ1) is 18.1. The predicted octanol–water partition coefficient (Wildman–Crippen LogP) is 5.05. The van der Waals surface area contributed by atoms with Crippen LogP contribution in [0.1, 0.15) is 18.9 Å². The molecule has 0 aliphatic carbocycles. The number of fused-ring (bicyclic) bond motifs is 3. The minimum absolute atomic E-state index is 0.0359. The number of rotatable bonds is 5. The Kier molecular flexibility index (Phi) is 4.72. The van der Waals surface area contributed by atoms with Crippen molar-refractivity contribution in [2.24, 2.45) is 5.41 Å². The molecule has 3 saturated heterocycles. The first-order valence-electron chi connectivity index (χ1n) is 8.85. The van der Waals surface area contributed by atoms with E-state index in [1.54, 1.807) is 12.1 Å². The summed E-state index contributed by atoms with van der Waals surface area (Å²) in [6.07, 6.45) is -0.498. The van der Waals surface area contributed by atoms with E-state index in [1.165, 1.54) is 0 Å². The summed E-state index contributed by atoms with van der Waals surface area (Å²) in [4.78, 5) is 0. The average Bonchev–Trinajstić information content (AvgIpc) is 2.74. The van der Waals surface area contributed by atoms with Gasteiger partial charge in [-0.3, -0.25) is 0 Å². The number of hydrogen-bond donors (Lipinski definition) is 0. The van der Waals surface area contributed by atoms with Crippen molar-refractivity contribution in [1.29, 1.82) is 0 Å². The van der Waals surface area contributed by atoms with Gasteiger partial charge >= 0.3 is 12.1 Å². The van der Waals surface area contributed by atoms with Crippen molar-refractivity contribution in [1.82, 2.24) is 0 Å². The molecule has 0 radical (unpaired) electrons. The summed E-state index contributed by atoms with van der Waals surface area (Å²) in [5.74, 6) is -0.767. The smallest absolute Gasteiger partial charge is 0.312 e. The van der Waals surface area contributed by atoms with E-state index in [0.717, 1.165) is 23.1 Å². The van der Waals surface area contributed by atoms with Gasteiger partial charge in [-0.25, -0.2) is 0 Å². The molecule has 3 fully saturated rings. The molecule has 3 heterocycles. The lowest BCUT2D eigenvalue weighted by molar-refractivity contribution is -0.480. The maximum absolute atomic E-state index is 12.1. The van der Waals surface area contributed by atoms with Gasteiger partial charge in [-0.15, -0.1) is 0 Å². The predicted molar refractivity (Wildman–Crippen MR) is 95.1 cm³/mol. The fourth-order valence-electron chi connectivity index (χ4n) is 3.26. The third-order valence-electron chi connectivity index (χ3n) is 5.17. The molecular formula is C21H20F2O4. The molecule has 0 N–H and O–H groups in total.